The molecule has 0 amide bonds. The number of benzene rings is 2. The summed E-state index contributed by atoms with van der Waals surface area (Å²) in [7, 11) is 0. The molecule has 2 aromatic carbocycles. The monoisotopic (exact) mass is 416 g/mol. The second-order valence-corrected chi connectivity index (χ2v) is 8.84. The van der Waals surface area contributed by atoms with Gasteiger partial charge in [-0.2, -0.15) is 5.26 Å². The van der Waals surface area contributed by atoms with Gasteiger partial charge in [0.1, 0.15) is 23.2 Å². The van der Waals surface area contributed by atoms with Crippen molar-refractivity contribution >= 4 is 38.2 Å². The number of hydrogen-bond acceptors (Lipinski definition) is 5. The second-order valence-electron chi connectivity index (χ2n) is 7.78. The Morgan fingerprint density at radius 2 is 1.97 bits per heavy atom. The molecule has 1 fully saturated rings. The van der Waals surface area contributed by atoms with Crippen LogP contribution in [0.25, 0.3) is 26.8 Å². The summed E-state index contributed by atoms with van der Waals surface area (Å²) in [6.07, 6.45) is 2.19. The van der Waals surface area contributed by atoms with Crippen molar-refractivity contribution in [2.75, 3.05) is 19.6 Å². The number of aromatic nitrogens is 3. The van der Waals surface area contributed by atoms with Gasteiger partial charge in [-0.05, 0) is 37.1 Å². The number of fused-ring (bicyclic) bond motifs is 2. The molecule has 30 heavy (non-hydrogen) atoms. The number of nitrogens with one attached hydrogen (secondary N) is 2. The minimum atomic E-state index is 0.0940. The molecule has 6 nitrogen and oxygen atoms in total. The largest absolute Gasteiger partial charge is 0.506 e. The van der Waals surface area contributed by atoms with E-state index in [4.69, 9.17) is 4.98 Å². The topological polar surface area (TPSA) is 90.0 Å². The smallest absolute Gasteiger partial charge is 0.169 e. The minimum Gasteiger partial charge on any atom is -0.506 e. The fourth-order valence-electron chi connectivity index (χ4n) is 4.24. The third-order valence-corrected chi connectivity index (χ3v) is 6.92. The summed E-state index contributed by atoms with van der Waals surface area (Å²) in [6.45, 7) is 2.30. The van der Waals surface area contributed by atoms with Crippen molar-refractivity contribution in [2.45, 2.75) is 18.8 Å². The molecule has 0 radical (unpaired) electrons. The number of allylic oxidation sites excluding steroid dienone is 1. The summed E-state index contributed by atoms with van der Waals surface area (Å²) < 4.78 is 1.22. The molecule has 1 aliphatic rings. The predicted octanol–water partition coefficient (Wildman–Crippen LogP) is 3.43. The Bertz CT molecular complexity index is 1220. The first-order valence-corrected chi connectivity index (χ1v) is 11.0. The molecule has 0 saturated carbocycles. The van der Waals surface area contributed by atoms with Crippen molar-refractivity contribution in [3.8, 4) is 6.07 Å². The number of likely N-dealkylation sites (tertiary alicyclic amines) is 1. The third kappa shape index (κ3) is 3.56. The number of nitrogens with zero attached hydrogens (tertiary/aromatic N) is 3. The van der Waals surface area contributed by atoms with Crippen molar-refractivity contribution in [1.29, 1.82) is 5.26 Å². The lowest BCUT2D eigenvalue weighted by Gasteiger charge is -2.28. The molecule has 1 unspecified atom stereocenters. The quantitative estimate of drug-likeness (QED) is 0.351. The van der Waals surface area contributed by atoms with Crippen LogP contribution < -0.4 is 4.90 Å². The van der Waals surface area contributed by atoms with E-state index in [1.165, 1.54) is 14.6 Å². The highest BCUT2D eigenvalue weighted by atomic mass is 32.1. The van der Waals surface area contributed by atoms with Crippen LogP contribution >= 0.6 is 11.3 Å². The highest BCUT2D eigenvalue weighted by Crippen LogP contribution is 2.30. The Balaban J connectivity index is 1.36. The van der Waals surface area contributed by atoms with E-state index in [0.29, 0.717) is 18.3 Å². The Morgan fingerprint density at radius 1 is 1.17 bits per heavy atom. The molecule has 2 aromatic heterocycles. The molecule has 0 spiro atoms. The number of piperidine rings is 1. The van der Waals surface area contributed by atoms with Crippen molar-refractivity contribution in [2.24, 2.45) is 0 Å². The highest BCUT2D eigenvalue weighted by molar-refractivity contribution is 7.18. The molecule has 7 heteroatoms. The number of imidazole rings is 1. The number of hydrogen-bond donors (Lipinski definition) is 3. The van der Waals surface area contributed by atoms with Crippen LogP contribution in [0.2, 0.25) is 0 Å². The van der Waals surface area contributed by atoms with Gasteiger partial charge >= 0.3 is 0 Å². The van der Waals surface area contributed by atoms with Crippen LogP contribution in [0.1, 0.15) is 29.6 Å². The minimum absolute atomic E-state index is 0.0940. The summed E-state index contributed by atoms with van der Waals surface area (Å²) in [6, 6.07) is 18.0. The summed E-state index contributed by atoms with van der Waals surface area (Å²) in [5.74, 6) is 0.905. The number of aliphatic hydroxyl groups is 1. The van der Waals surface area contributed by atoms with Gasteiger partial charge < -0.3 is 15.0 Å². The van der Waals surface area contributed by atoms with E-state index < -0.39 is 0 Å². The van der Waals surface area contributed by atoms with Gasteiger partial charge in [-0.1, -0.05) is 24.3 Å². The molecule has 2 atom stereocenters. The van der Waals surface area contributed by atoms with E-state index in [1.54, 1.807) is 11.3 Å². The van der Waals surface area contributed by atoms with E-state index >= 15 is 0 Å². The second kappa shape index (κ2) is 7.90. The number of aromatic amines is 1. The lowest BCUT2D eigenvalue weighted by atomic mass is 9.98. The molecule has 150 valence electrons. The highest BCUT2D eigenvalue weighted by Gasteiger charge is 2.28. The van der Waals surface area contributed by atoms with E-state index in [9.17, 15) is 10.4 Å². The van der Waals surface area contributed by atoms with Gasteiger partial charge in [-0.3, -0.25) is 0 Å². The van der Waals surface area contributed by atoms with Crippen LogP contribution in [0.3, 0.4) is 0 Å². The summed E-state index contributed by atoms with van der Waals surface area (Å²) in [4.78, 5) is 13.7. The zero-order chi connectivity index (χ0) is 20.5. The first kappa shape index (κ1) is 18.8. The Hall–Kier alpha value is -3.21. The fourth-order valence-corrected chi connectivity index (χ4v) is 5.34. The maximum atomic E-state index is 10.8. The van der Waals surface area contributed by atoms with Crippen LogP contribution in [0.5, 0.6) is 0 Å². The van der Waals surface area contributed by atoms with Crippen LogP contribution in [0.4, 0.5) is 0 Å². The van der Waals surface area contributed by atoms with Crippen molar-refractivity contribution in [3.63, 3.8) is 0 Å². The van der Waals surface area contributed by atoms with E-state index in [0.717, 1.165) is 42.5 Å². The van der Waals surface area contributed by atoms with Gasteiger partial charge in [-0.25, -0.2) is 9.97 Å². The van der Waals surface area contributed by atoms with E-state index in [-0.39, 0.29) is 11.3 Å². The Kier molecular flexibility index (Phi) is 4.95. The predicted molar refractivity (Wildman–Crippen MR) is 118 cm³/mol. The Labute approximate surface area is 178 Å². The first-order valence-electron chi connectivity index (χ1n) is 10.2. The van der Waals surface area contributed by atoms with Crippen molar-refractivity contribution < 1.29 is 10.0 Å². The molecule has 1 saturated heterocycles. The number of para-hydroxylation sites is 3. The average molecular weight is 417 g/mol. The van der Waals surface area contributed by atoms with Gasteiger partial charge in [-0.15, -0.1) is 11.3 Å². The van der Waals surface area contributed by atoms with Crippen LogP contribution in [-0.4, -0.2) is 39.7 Å². The van der Waals surface area contributed by atoms with E-state index in [1.807, 2.05) is 36.4 Å². The molecule has 5 rings (SSSR count). The number of thiazole rings is 1. The summed E-state index contributed by atoms with van der Waals surface area (Å²) in [5, 5.41) is 21.6. The van der Waals surface area contributed by atoms with E-state index in [2.05, 4.69) is 28.2 Å². The first-order chi connectivity index (χ1) is 14.7. The van der Waals surface area contributed by atoms with Gasteiger partial charge in [0.25, 0.3) is 0 Å². The molecule has 0 aliphatic carbocycles. The maximum Gasteiger partial charge on any atom is 0.169 e. The lowest BCUT2D eigenvalue weighted by Crippen LogP contribution is -3.13. The van der Waals surface area contributed by atoms with Gasteiger partial charge in [0.15, 0.2) is 11.6 Å². The molecule has 4 aromatic rings. The molecular weight excluding hydrogens is 394 g/mol. The lowest BCUT2D eigenvalue weighted by molar-refractivity contribution is -0.902. The van der Waals surface area contributed by atoms with Gasteiger partial charge in [0.05, 0.1) is 40.3 Å². The Morgan fingerprint density at radius 3 is 2.77 bits per heavy atom. The SMILES string of the molecule is N#C/C(=C(/O)C[NH+]1CCC[C@@H](c2nc3ccccc3s2)C1)c1nc2ccccc2[nH]1. The zero-order valence-electron chi connectivity index (χ0n) is 16.4. The normalized spacial score (nSPS) is 20.2. The van der Waals surface area contributed by atoms with Crippen LogP contribution in [-0.2, 0) is 0 Å². The van der Waals surface area contributed by atoms with Gasteiger partial charge in [0, 0.05) is 0 Å². The van der Waals surface area contributed by atoms with Crippen molar-refractivity contribution in [3.05, 3.63) is 65.1 Å². The molecule has 0 bridgehead atoms. The zero-order valence-corrected chi connectivity index (χ0v) is 17.2. The number of rotatable bonds is 4. The number of quaternary nitrogens is 1. The molecule has 1 aliphatic heterocycles. The molecular formula is C23H22N5OS+. The number of nitriles is 1. The van der Waals surface area contributed by atoms with Crippen LogP contribution in [0, 0.1) is 11.3 Å². The number of aliphatic hydroxyl groups excluding tert-OH is 1. The standard InChI is InChI=1S/C23H21N5OS/c24-12-16(22-25-17-7-1-2-8-18(17)26-22)20(29)14-28-11-5-6-15(13-28)23-27-19-9-3-4-10-21(19)30-23/h1-4,7-10,15,29H,5-6,11,13-14H2,(H,25,26)/p+1/b20-16-/t15-/m1/s1. The fraction of sp³-hybridized carbons (Fsp3) is 0.261. The summed E-state index contributed by atoms with van der Waals surface area (Å²) >= 11 is 1.77. The summed E-state index contributed by atoms with van der Waals surface area (Å²) in [5.41, 5.74) is 2.92. The molecule has 3 N–H and O–H groups in total. The van der Waals surface area contributed by atoms with Crippen LogP contribution in [0.15, 0.2) is 54.3 Å². The van der Waals surface area contributed by atoms with Gasteiger partial charge in [0.2, 0.25) is 0 Å². The molecule has 3 heterocycles. The third-order valence-electron chi connectivity index (χ3n) is 5.72. The maximum absolute atomic E-state index is 10.8. The van der Waals surface area contributed by atoms with Crippen molar-refractivity contribution in [1.82, 2.24) is 15.0 Å². The number of H-pyrrole nitrogens is 1. The average Bonchev–Trinajstić information content (AvgIpc) is 3.38.